The predicted octanol–water partition coefficient (Wildman–Crippen LogP) is 6.74. The van der Waals surface area contributed by atoms with Gasteiger partial charge in [-0.15, -0.1) is 0 Å². The zero-order valence-electron chi connectivity index (χ0n) is 23.5. The Kier molecular flexibility index (Phi) is 8.54. The molecule has 0 radical (unpaired) electrons. The van der Waals surface area contributed by atoms with Crippen LogP contribution in [0.15, 0.2) is 59.6 Å². The number of sulfonamides is 1. The summed E-state index contributed by atoms with van der Waals surface area (Å²) in [4.78, 5) is 4.32. The SMILES string of the molecule is CC(F)CNC1CC=C(c2cnc(N)c3c(-c4ccc(NS(=O)(=O)c5ccccc5Cl)c(F)c4)nn(C(C)C)c23)CC1. The molecule has 5 rings (SSSR count). The molecule has 0 saturated heterocycles. The second-order valence-corrected chi connectivity index (χ2v) is 12.8. The van der Waals surface area contributed by atoms with Crippen LogP contribution in [-0.2, 0) is 10.0 Å². The average Bonchev–Trinajstić information content (AvgIpc) is 3.36. The van der Waals surface area contributed by atoms with E-state index in [1.165, 1.54) is 37.3 Å². The normalized spacial score (nSPS) is 16.5. The lowest BCUT2D eigenvalue weighted by atomic mass is 9.90. The van der Waals surface area contributed by atoms with Crippen molar-refractivity contribution < 1.29 is 17.2 Å². The van der Waals surface area contributed by atoms with Gasteiger partial charge in [-0.2, -0.15) is 5.10 Å². The summed E-state index contributed by atoms with van der Waals surface area (Å²) in [7, 11) is -4.12. The van der Waals surface area contributed by atoms with Crippen molar-refractivity contribution in [1.29, 1.82) is 0 Å². The van der Waals surface area contributed by atoms with E-state index < -0.39 is 22.0 Å². The van der Waals surface area contributed by atoms with E-state index >= 15 is 4.39 Å². The molecule has 2 aromatic carbocycles. The van der Waals surface area contributed by atoms with Gasteiger partial charge >= 0.3 is 0 Å². The Morgan fingerprint density at radius 3 is 2.60 bits per heavy atom. The summed E-state index contributed by atoms with van der Waals surface area (Å²) in [5, 5.41) is 8.73. The zero-order valence-corrected chi connectivity index (χ0v) is 25.1. The van der Waals surface area contributed by atoms with Gasteiger partial charge in [-0.3, -0.25) is 9.40 Å². The van der Waals surface area contributed by atoms with Gasteiger partial charge in [0, 0.05) is 36.0 Å². The molecule has 8 nitrogen and oxygen atoms in total. The minimum Gasteiger partial charge on any atom is -0.383 e. The van der Waals surface area contributed by atoms with Crippen LogP contribution in [0, 0.1) is 5.82 Å². The Hall–Kier alpha value is -3.54. The third-order valence-corrected chi connectivity index (χ3v) is 9.17. The second-order valence-electron chi connectivity index (χ2n) is 10.8. The highest BCUT2D eigenvalue weighted by Gasteiger charge is 2.25. The molecule has 2 unspecified atom stereocenters. The molecule has 0 aliphatic heterocycles. The number of halogens is 3. The molecule has 0 spiro atoms. The largest absolute Gasteiger partial charge is 0.383 e. The average molecular weight is 615 g/mol. The summed E-state index contributed by atoms with van der Waals surface area (Å²) in [5.74, 6) is -0.526. The molecule has 0 fully saturated rings. The first-order chi connectivity index (χ1) is 20.0. The van der Waals surface area contributed by atoms with Gasteiger partial charge < -0.3 is 11.1 Å². The van der Waals surface area contributed by atoms with Crippen LogP contribution >= 0.6 is 11.6 Å². The summed E-state index contributed by atoms with van der Waals surface area (Å²) in [5.41, 5.74) is 9.83. The fourth-order valence-corrected chi connectivity index (χ4v) is 6.79. The number of hydrogen-bond donors (Lipinski definition) is 3. The van der Waals surface area contributed by atoms with Crippen molar-refractivity contribution in [3.8, 4) is 11.3 Å². The molecule has 4 aromatic rings. The lowest BCUT2D eigenvalue weighted by Gasteiger charge is -2.24. The van der Waals surface area contributed by atoms with E-state index in [9.17, 15) is 12.8 Å². The number of hydrogen-bond acceptors (Lipinski definition) is 6. The minimum absolute atomic E-state index is 0.0284. The lowest BCUT2D eigenvalue weighted by Crippen LogP contribution is -2.34. The second kappa shape index (κ2) is 12.0. The van der Waals surface area contributed by atoms with Crippen LogP contribution in [0.5, 0.6) is 0 Å². The molecule has 42 heavy (non-hydrogen) atoms. The summed E-state index contributed by atoms with van der Waals surface area (Å²) in [6.45, 7) is 5.85. The first-order valence-corrected chi connectivity index (χ1v) is 15.6. The fraction of sp³-hybridized carbons (Fsp3) is 0.333. The van der Waals surface area contributed by atoms with Crippen molar-refractivity contribution in [3.05, 3.63) is 71.1 Å². The maximum Gasteiger partial charge on any atom is 0.263 e. The summed E-state index contributed by atoms with van der Waals surface area (Å²) in [6.07, 6.45) is 5.37. The predicted molar refractivity (Wildman–Crippen MR) is 164 cm³/mol. The van der Waals surface area contributed by atoms with Crippen molar-refractivity contribution in [2.75, 3.05) is 17.0 Å². The molecule has 1 aliphatic carbocycles. The van der Waals surface area contributed by atoms with E-state index in [2.05, 4.69) is 21.1 Å². The third-order valence-electron chi connectivity index (χ3n) is 7.30. The number of pyridine rings is 1. The van der Waals surface area contributed by atoms with Gasteiger partial charge in [-0.05, 0) is 69.9 Å². The van der Waals surface area contributed by atoms with Gasteiger partial charge in [0.05, 0.1) is 21.6 Å². The molecule has 4 N–H and O–H groups in total. The molecule has 1 aliphatic rings. The Balaban J connectivity index is 1.52. The number of nitrogens with two attached hydrogens (primary N) is 1. The molecular formula is C30H33ClF2N6O2S. The zero-order chi connectivity index (χ0) is 30.2. The maximum atomic E-state index is 15.4. The molecular weight excluding hydrogens is 582 g/mol. The molecule has 0 amide bonds. The van der Waals surface area contributed by atoms with Crippen LogP contribution in [0.4, 0.5) is 20.3 Å². The Morgan fingerprint density at radius 1 is 1.19 bits per heavy atom. The number of alkyl halides is 1. The van der Waals surface area contributed by atoms with E-state index in [1.807, 2.05) is 18.5 Å². The smallest absolute Gasteiger partial charge is 0.263 e. The Labute approximate surface area is 249 Å². The van der Waals surface area contributed by atoms with Crippen molar-refractivity contribution >= 4 is 49.6 Å². The van der Waals surface area contributed by atoms with E-state index in [-0.39, 0.29) is 33.5 Å². The number of allylic oxidation sites excluding steroid dienone is 1. The number of nitrogens with zero attached hydrogens (tertiary/aromatic N) is 3. The first-order valence-electron chi connectivity index (χ1n) is 13.8. The van der Waals surface area contributed by atoms with Crippen molar-refractivity contribution in [2.45, 2.75) is 63.2 Å². The Morgan fingerprint density at radius 2 is 1.95 bits per heavy atom. The van der Waals surface area contributed by atoms with Crippen molar-refractivity contribution in [2.24, 2.45) is 0 Å². The number of nitrogen functional groups attached to an aromatic ring is 1. The van der Waals surface area contributed by atoms with Gasteiger partial charge in [0.1, 0.15) is 28.4 Å². The van der Waals surface area contributed by atoms with Gasteiger partial charge in [-0.1, -0.05) is 35.9 Å². The van der Waals surface area contributed by atoms with Gasteiger partial charge in [0.15, 0.2) is 0 Å². The highest BCUT2D eigenvalue weighted by molar-refractivity contribution is 7.92. The van der Waals surface area contributed by atoms with Crippen molar-refractivity contribution in [1.82, 2.24) is 20.1 Å². The molecule has 0 bridgehead atoms. The number of aromatic nitrogens is 3. The molecule has 222 valence electrons. The highest BCUT2D eigenvalue weighted by Crippen LogP contribution is 2.40. The van der Waals surface area contributed by atoms with Crippen LogP contribution in [-0.4, -0.2) is 41.9 Å². The first kappa shape index (κ1) is 29.9. The standard InChI is InChI=1S/C30H33ClF2N6O2S/c1-17(2)39-29-22(19-8-11-21(12-9-19)35-15-18(3)32)16-36-30(34)27(29)28(37-39)20-10-13-25(24(33)14-20)38-42(40,41)26-7-5-4-6-23(26)31/h4-8,10,13-14,16-18,21,35,38H,9,11-12,15H2,1-3H3,(H2,34,36). The molecule has 2 aromatic heterocycles. The Bertz CT molecular complexity index is 1770. The van der Waals surface area contributed by atoms with E-state index in [4.69, 9.17) is 22.4 Å². The topological polar surface area (TPSA) is 115 Å². The fourth-order valence-electron chi connectivity index (χ4n) is 5.21. The van der Waals surface area contributed by atoms with Crippen LogP contribution < -0.4 is 15.8 Å². The number of anilines is 2. The molecule has 0 saturated carbocycles. The van der Waals surface area contributed by atoms with Gasteiger partial charge in [-0.25, -0.2) is 22.2 Å². The van der Waals surface area contributed by atoms with Crippen LogP contribution in [0.25, 0.3) is 27.7 Å². The molecule has 2 heterocycles. The number of nitrogens with one attached hydrogen (secondary N) is 2. The summed E-state index contributed by atoms with van der Waals surface area (Å²) in [6, 6.07) is 10.3. The minimum atomic E-state index is -4.12. The van der Waals surface area contributed by atoms with Crippen LogP contribution in [0.3, 0.4) is 0 Å². The van der Waals surface area contributed by atoms with Crippen molar-refractivity contribution in [3.63, 3.8) is 0 Å². The van der Waals surface area contributed by atoms with E-state index in [1.54, 1.807) is 18.3 Å². The van der Waals surface area contributed by atoms with Gasteiger partial charge in [0.25, 0.3) is 10.0 Å². The van der Waals surface area contributed by atoms with E-state index in [0.29, 0.717) is 23.2 Å². The number of benzene rings is 2. The van der Waals surface area contributed by atoms with Crippen LogP contribution in [0.1, 0.15) is 51.6 Å². The monoisotopic (exact) mass is 614 g/mol. The third kappa shape index (κ3) is 5.99. The molecule has 2 atom stereocenters. The highest BCUT2D eigenvalue weighted by atomic mass is 35.5. The lowest BCUT2D eigenvalue weighted by molar-refractivity contribution is 0.323. The van der Waals surface area contributed by atoms with Crippen LogP contribution in [0.2, 0.25) is 5.02 Å². The summed E-state index contributed by atoms with van der Waals surface area (Å²) < 4.78 is 58.6. The number of fused-ring (bicyclic) bond motifs is 1. The van der Waals surface area contributed by atoms with Gasteiger partial charge in [0.2, 0.25) is 0 Å². The summed E-state index contributed by atoms with van der Waals surface area (Å²) >= 11 is 6.06. The quantitative estimate of drug-likeness (QED) is 0.192. The molecule has 12 heteroatoms. The maximum absolute atomic E-state index is 15.4. The number of rotatable bonds is 9. The van der Waals surface area contributed by atoms with E-state index in [0.717, 1.165) is 35.9 Å².